The van der Waals surface area contributed by atoms with Crippen molar-refractivity contribution in [3.63, 3.8) is 0 Å². The highest BCUT2D eigenvalue weighted by atomic mass is 127. The molecule has 2 unspecified atom stereocenters. The van der Waals surface area contributed by atoms with E-state index in [0.29, 0.717) is 12.0 Å². The number of rotatable bonds is 7. The van der Waals surface area contributed by atoms with Crippen molar-refractivity contribution < 1.29 is 4.74 Å². The Hall–Kier alpha value is -0.820. The molecule has 134 valence electrons. The molecule has 24 heavy (non-hydrogen) atoms. The fourth-order valence-corrected chi connectivity index (χ4v) is 3.05. The summed E-state index contributed by atoms with van der Waals surface area (Å²) in [6.07, 6.45) is 3.89. The van der Waals surface area contributed by atoms with Gasteiger partial charge >= 0.3 is 0 Å². The molecule has 0 aromatic heterocycles. The molecule has 0 spiro atoms. The van der Waals surface area contributed by atoms with E-state index >= 15 is 0 Å². The Kier molecular flexibility index (Phi) is 7.34. The standard InChI is InChI=1S/C19H29N3O.HI/c1-14-6-4-5-7-16(14)17-12-18(17)21-19(20-2)22(3)10-11-23-13-15-8-9-15;/h4-7,15,17-18H,8-13H2,1-3H3,(H,20,21);1H. The van der Waals surface area contributed by atoms with Crippen LogP contribution in [0.2, 0.25) is 0 Å². The molecule has 0 radical (unpaired) electrons. The topological polar surface area (TPSA) is 36.9 Å². The van der Waals surface area contributed by atoms with Crippen molar-refractivity contribution in [1.82, 2.24) is 10.2 Å². The second kappa shape index (κ2) is 9.04. The molecule has 0 bridgehead atoms. The van der Waals surface area contributed by atoms with Crippen LogP contribution in [0.4, 0.5) is 0 Å². The second-order valence-corrected chi connectivity index (χ2v) is 6.94. The summed E-state index contributed by atoms with van der Waals surface area (Å²) in [5.74, 6) is 2.42. The van der Waals surface area contributed by atoms with Crippen LogP contribution in [0.25, 0.3) is 0 Å². The summed E-state index contributed by atoms with van der Waals surface area (Å²) in [6, 6.07) is 9.20. The second-order valence-electron chi connectivity index (χ2n) is 6.94. The molecular weight excluding hydrogens is 413 g/mol. The Morgan fingerprint density at radius 2 is 2.08 bits per heavy atom. The monoisotopic (exact) mass is 443 g/mol. The van der Waals surface area contributed by atoms with E-state index in [9.17, 15) is 0 Å². The summed E-state index contributed by atoms with van der Waals surface area (Å²) >= 11 is 0. The SMILES string of the molecule is CN=C(NC1CC1c1ccccc1C)N(C)CCOCC1CC1.I. The highest BCUT2D eigenvalue weighted by molar-refractivity contribution is 14.0. The van der Waals surface area contributed by atoms with Gasteiger partial charge < -0.3 is 15.0 Å². The average Bonchev–Trinajstić information content (AvgIpc) is 3.45. The van der Waals surface area contributed by atoms with Crippen LogP contribution < -0.4 is 5.32 Å². The van der Waals surface area contributed by atoms with Crippen LogP contribution in [0.5, 0.6) is 0 Å². The number of likely N-dealkylation sites (N-methyl/N-ethyl adjacent to an activating group) is 1. The first-order chi connectivity index (χ1) is 11.2. The van der Waals surface area contributed by atoms with Crippen molar-refractivity contribution in [1.29, 1.82) is 0 Å². The Morgan fingerprint density at radius 1 is 1.33 bits per heavy atom. The van der Waals surface area contributed by atoms with Crippen molar-refractivity contribution in [3.8, 4) is 0 Å². The van der Waals surface area contributed by atoms with Crippen molar-refractivity contribution >= 4 is 29.9 Å². The van der Waals surface area contributed by atoms with E-state index in [1.165, 1.54) is 30.4 Å². The summed E-state index contributed by atoms with van der Waals surface area (Å²) in [4.78, 5) is 6.59. The largest absolute Gasteiger partial charge is 0.379 e. The van der Waals surface area contributed by atoms with Crippen molar-refractivity contribution in [2.24, 2.45) is 10.9 Å². The zero-order valence-corrected chi connectivity index (χ0v) is 17.3. The molecule has 0 aliphatic heterocycles. The smallest absolute Gasteiger partial charge is 0.193 e. The maximum atomic E-state index is 5.73. The third-order valence-corrected chi connectivity index (χ3v) is 4.89. The van der Waals surface area contributed by atoms with Crippen molar-refractivity contribution in [2.45, 2.75) is 38.1 Å². The number of halogens is 1. The van der Waals surface area contributed by atoms with Gasteiger partial charge in [-0.3, -0.25) is 4.99 Å². The molecule has 4 nitrogen and oxygen atoms in total. The number of guanidine groups is 1. The molecule has 3 rings (SSSR count). The van der Waals surface area contributed by atoms with E-state index in [1.54, 1.807) is 0 Å². The number of nitrogens with zero attached hydrogens (tertiary/aromatic N) is 2. The molecule has 2 aliphatic rings. The fraction of sp³-hybridized carbons (Fsp3) is 0.632. The molecule has 0 saturated heterocycles. The summed E-state index contributed by atoms with van der Waals surface area (Å²) in [7, 11) is 3.94. The zero-order valence-electron chi connectivity index (χ0n) is 15.0. The van der Waals surface area contributed by atoms with Gasteiger partial charge in [-0.1, -0.05) is 24.3 Å². The van der Waals surface area contributed by atoms with Crippen LogP contribution in [0.1, 0.15) is 36.3 Å². The van der Waals surface area contributed by atoms with Crippen LogP contribution in [-0.4, -0.2) is 50.8 Å². The lowest BCUT2D eigenvalue weighted by Crippen LogP contribution is -2.42. The van der Waals surface area contributed by atoms with Gasteiger partial charge in [0.1, 0.15) is 0 Å². The predicted octanol–water partition coefficient (Wildman–Crippen LogP) is 3.40. The minimum Gasteiger partial charge on any atom is -0.379 e. The molecule has 1 aromatic carbocycles. The minimum atomic E-state index is 0. The number of hydrogen-bond donors (Lipinski definition) is 1. The van der Waals surface area contributed by atoms with Crippen LogP contribution >= 0.6 is 24.0 Å². The normalized spacial score (nSPS) is 22.7. The van der Waals surface area contributed by atoms with Gasteiger partial charge in [0.05, 0.1) is 6.61 Å². The van der Waals surface area contributed by atoms with Crippen LogP contribution in [0, 0.1) is 12.8 Å². The van der Waals surface area contributed by atoms with Crippen LogP contribution in [0.3, 0.4) is 0 Å². The first-order valence-corrected chi connectivity index (χ1v) is 8.76. The first kappa shape index (κ1) is 19.5. The summed E-state index contributed by atoms with van der Waals surface area (Å²) in [5.41, 5.74) is 2.86. The molecule has 0 heterocycles. The lowest BCUT2D eigenvalue weighted by atomic mass is 10.0. The summed E-state index contributed by atoms with van der Waals surface area (Å²) < 4.78 is 5.73. The fourth-order valence-electron chi connectivity index (χ4n) is 3.05. The van der Waals surface area contributed by atoms with E-state index in [-0.39, 0.29) is 24.0 Å². The molecule has 5 heteroatoms. The number of hydrogen-bond acceptors (Lipinski definition) is 2. The Labute approximate surface area is 163 Å². The quantitative estimate of drug-likeness (QED) is 0.304. The van der Waals surface area contributed by atoms with E-state index in [1.807, 2.05) is 7.05 Å². The maximum Gasteiger partial charge on any atom is 0.193 e. The van der Waals surface area contributed by atoms with Gasteiger partial charge in [-0.05, 0) is 43.2 Å². The summed E-state index contributed by atoms with van der Waals surface area (Å²) in [6.45, 7) is 4.79. The third-order valence-electron chi connectivity index (χ3n) is 4.89. The van der Waals surface area contributed by atoms with E-state index in [0.717, 1.165) is 31.6 Å². The van der Waals surface area contributed by atoms with Crippen molar-refractivity contribution in [2.75, 3.05) is 33.9 Å². The molecule has 2 fully saturated rings. The van der Waals surface area contributed by atoms with Gasteiger partial charge in [0, 0.05) is 39.2 Å². The number of aliphatic imine (C=N–C) groups is 1. The van der Waals surface area contributed by atoms with Gasteiger partial charge in [-0.25, -0.2) is 0 Å². The molecule has 1 aromatic rings. The zero-order chi connectivity index (χ0) is 16.2. The van der Waals surface area contributed by atoms with Crippen LogP contribution in [-0.2, 0) is 4.74 Å². The lowest BCUT2D eigenvalue weighted by Gasteiger charge is -2.22. The van der Waals surface area contributed by atoms with Gasteiger partial charge in [-0.15, -0.1) is 24.0 Å². The molecule has 1 N–H and O–H groups in total. The highest BCUT2D eigenvalue weighted by Gasteiger charge is 2.40. The number of nitrogens with one attached hydrogen (secondary N) is 1. The van der Waals surface area contributed by atoms with Gasteiger partial charge in [0.25, 0.3) is 0 Å². The predicted molar refractivity (Wildman–Crippen MR) is 110 cm³/mol. The number of benzene rings is 1. The number of aryl methyl sites for hydroxylation is 1. The number of ether oxygens (including phenoxy) is 1. The average molecular weight is 443 g/mol. The Bertz CT molecular complexity index is 559. The van der Waals surface area contributed by atoms with Crippen molar-refractivity contribution in [3.05, 3.63) is 35.4 Å². The first-order valence-electron chi connectivity index (χ1n) is 8.76. The Morgan fingerprint density at radius 3 is 2.75 bits per heavy atom. The Balaban J connectivity index is 0.00000208. The van der Waals surface area contributed by atoms with Gasteiger partial charge in [0.2, 0.25) is 0 Å². The highest BCUT2D eigenvalue weighted by Crippen LogP contribution is 2.42. The van der Waals surface area contributed by atoms with Gasteiger partial charge in [-0.2, -0.15) is 0 Å². The van der Waals surface area contributed by atoms with E-state index < -0.39 is 0 Å². The van der Waals surface area contributed by atoms with E-state index in [4.69, 9.17) is 4.74 Å². The van der Waals surface area contributed by atoms with Crippen LogP contribution in [0.15, 0.2) is 29.3 Å². The minimum absolute atomic E-state index is 0. The lowest BCUT2D eigenvalue weighted by molar-refractivity contribution is 0.115. The third kappa shape index (κ3) is 5.34. The van der Waals surface area contributed by atoms with E-state index in [2.05, 4.69) is 53.4 Å². The molecule has 0 amide bonds. The summed E-state index contributed by atoms with van der Waals surface area (Å²) in [5, 5.41) is 3.60. The maximum absolute atomic E-state index is 5.73. The molecule has 2 saturated carbocycles. The van der Waals surface area contributed by atoms with Gasteiger partial charge in [0.15, 0.2) is 5.96 Å². The molecular formula is C19H30IN3O. The molecule has 2 atom stereocenters. The molecule has 2 aliphatic carbocycles.